The molecule has 2 N–H and O–H groups in total. The van der Waals surface area contributed by atoms with Crippen LogP contribution in [0.15, 0.2) is 59.6 Å². The molecular formula is C30H36INO9. The highest BCUT2D eigenvalue weighted by molar-refractivity contribution is 14.1. The van der Waals surface area contributed by atoms with Gasteiger partial charge in [0.1, 0.15) is 18.8 Å². The molecule has 2 fully saturated rings. The Kier molecular flexibility index (Phi) is 8.62. The maximum atomic E-state index is 14.1. The van der Waals surface area contributed by atoms with Crippen molar-refractivity contribution in [1.82, 2.24) is 4.90 Å². The van der Waals surface area contributed by atoms with Crippen LogP contribution in [-0.2, 0) is 33.4 Å². The van der Waals surface area contributed by atoms with Gasteiger partial charge in [-0.3, -0.25) is 14.4 Å². The molecule has 222 valence electrons. The number of hydrogen-bond acceptors (Lipinski definition) is 10. The Morgan fingerprint density at radius 1 is 1.17 bits per heavy atom. The highest BCUT2D eigenvalue weighted by Crippen LogP contribution is 2.64. The minimum atomic E-state index is -1.42. The number of carbonyl (C=O) groups is 4. The molecule has 1 saturated heterocycles. The number of esters is 3. The largest absolute Gasteiger partial charge is 0.504 e. The van der Waals surface area contributed by atoms with Crippen molar-refractivity contribution in [3.05, 3.63) is 59.6 Å². The molecular weight excluding hydrogens is 645 g/mol. The van der Waals surface area contributed by atoms with Crippen molar-refractivity contribution in [1.29, 1.82) is 0 Å². The summed E-state index contributed by atoms with van der Waals surface area (Å²) in [6.45, 7) is 13.8. The summed E-state index contributed by atoms with van der Waals surface area (Å²) >= 11 is 2.16. The monoisotopic (exact) mass is 681 g/mol. The molecule has 0 aromatic rings. The second-order valence-electron chi connectivity index (χ2n) is 11.4. The van der Waals surface area contributed by atoms with E-state index in [2.05, 4.69) is 35.7 Å². The molecule has 0 amide bonds. The van der Waals surface area contributed by atoms with Gasteiger partial charge in [0.2, 0.25) is 5.78 Å². The zero-order valence-corrected chi connectivity index (χ0v) is 25.8. The number of ether oxygens (including phenoxy) is 3. The number of cyclic esters (lactones) is 1. The van der Waals surface area contributed by atoms with Gasteiger partial charge in [-0.2, -0.15) is 0 Å². The average molecular weight is 682 g/mol. The van der Waals surface area contributed by atoms with E-state index in [0.717, 1.165) is 0 Å². The summed E-state index contributed by atoms with van der Waals surface area (Å²) in [5.74, 6) is -3.80. The molecule has 3 aliphatic carbocycles. The van der Waals surface area contributed by atoms with Gasteiger partial charge >= 0.3 is 17.9 Å². The molecule has 0 unspecified atom stereocenters. The summed E-state index contributed by atoms with van der Waals surface area (Å²) in [7, 11) is 0. The van der Waals surface area contributed by atoms with E-state index in [1.165, 1.54) is 20.0 Å². The quantitative estimate of drug-likeness (QED) is 0.0981. The first kappa shape index (κ1) is 31.0. The number of carbonyl (C=O) groups excluding carboxylic acids is 4. The molecule has 1 saturated carbocycles. The smallest absolute Gasteiger partial charge is 0.340 e. The van der Waals surface area contributed by atoms with Crippen LogP contribution in [0.5, 0.6) is 0 Å². The lowest BCUT2D eigenvalue weighted by Crippen LogP contribution is -2.57. The lowest BCUT2D eigenvalue weighted by atomic mass is 9.53. The van der Waals surface area contributed by atoms with Gasteiger partial charge in [0.05, 0.1) is 17.1 Å². The van der Waals surface area contributed by atoms with E-state index < -0.39 is 64.5 Å². The normalized spacial score (nSPS) is 35.3. The van der Waals surface area contributed by atoms with E-state index in [1.54, 1.807) is 24.0 Å². The van der Waals surface area contributed by atoms with Crippen LogP contribution in [0.3, 0.4) is 0 Å². The molecule has 0 aromatic carbocycles. The van der Waals surface area contributed by atoms with Crippen LogP contribution in [0, 0.1) is 16.7 Å². The summed E-state index contributed by atoms with van der Waals surface area (Å²) in [6, 6.07) is 0. The van der Waals surface area contributed by atoms with Crippen LogP contribution < -0.4 is 0 Å². The molecule has 1 heterocycles. The van der Waals surface area contributed by atoms with Gasteiger partial charge in [-0.15, -0.1) is 13.2 Å². The average Bonchev–Trinajstić information content (AvgIpc) is 3.11. The zero-order chi connectivity index (χ0) is 30.4. The fraction of sp³-hybridized carbons (Fsp3) is 0.533. The minimum Gasteiger partial charge on any atom is -0.504 e. The summed E-state index contributed by atoms with van der Waals surface area (Å²) in [6.07, 6.45) is 2.49. The SMILES string of the molecule is C=CCN(/C=C1\C(=O)O[C@H](COC(C)=O)[C@@]2(C)C1=C(O)C(=O)C1=C2[C@H](OC(C)=O)C[C@@]2(C)[C@H]1C[C@@H](I)[C@@H]2O)CC=C. The molecule has 4 rings (SSSR count). The van der Waals surface area contributed by atoms with Crippen LogP contribution in [0.4, 0.5) is 0 Å². The molecule has 0 spiro atoms. The molecule has 0 aromatic heterocycles. The Morgan fingerprint density at radius 2 is 1.80 bits per heavy atom. The molecule has 4 aliphatic rings. The van der Waals surface area contributed by atoms with Crippen molar-refractivity contribution in [2.24, 2.45) is 16.7 Å². The third-order valence-corrected chi connectivity index (χ3v) is 9.99. The van der Waals surface area contributed by atoms with E-state index in [-0.39, 0.29) is 33.7 Å². The number of halogens is 1. The number of aliphatic hydroxyl groups is 2. The highest BCUT2D eigenvalue weighted by Gasteiger charge is 2.65. The van der Waals surface area contributed by atoms with Gasteiger partial charge in [0.25, 0.3) is 0 Å². The lowest BCUT2D eigenvalue weighted by molar-refractivity contribution is -0.166. The fourth-order valence-electron chi connectivity index (χ4n) is 6.99. The fourth-order valence-corrected chi connectivity index (χ4v) is 8.32. The van der Waals surface area contributed by atoms with E-state index in [1.807, 2.05) is 6.92 Å². The van der Waals surface area contributed by atoms with Crippen molar-refractivity contribution >= 4 is 46.3 Å². The number of fused-ring (bicyclic) bond motifs is 4. The maximum Gasteiger partial charge on any atom is 0.340 e. The molecule has 41 heavy (non-hydrogen) atoms. The van der Waals surface area contributed by atoms with Crippen molar-refractivity contribution in [2.45, 2.75) is 62.8 Å². The lowest BCUT2D eigenvalue weighted by Gasteiger charge is -2.54. The summed E-state index contributed by atoms with van der Waals surface area (Å²) in [5.41, 5.74) is -1.66. The van der Waals surface area contributed by atoms with E-state index in [9.17, 15) is 29.4 Å². The molecule has 0 bridgehead atoms. The topological polar surface area (TPSA) is 140 Å². The minimum absolute atomic E-state index is 0.0121. The Hall–Kier alpha value is -2.93. The van der Waals surface area contributed by atoms with Gasteiger partial charge in [-0.1, -0.05) is 41.7 Å². The van der Waals surface area contributed by atoms with Crippen LogP contribution in [0.25, 0.3) is 0 Å². The van der Waals surface area contributed by atoms with Crippen molar-refractivity contribution in [3.63, 3.8) is 0 Å². The van der Waals surface area contributed by atoms with Crippen molar-refractivity contribution < 1.29 is 43.6 Å². The first-order valence-electron chi connectivity index (χ1n) is 13.5. The summed E-state index contributed by atoms with van der Waals surface area (Å²) in [4.78, 5) is 53.6. The second-order valence-corrected chi connectivity index (χ2v) is 13.0. The number of Topliss-reactive ketones (excluding diaryl/α,β-unsaturated/α-hetero) is 1. The molecule has 11 heteroatoms. The third-order valence-electron chi connectivity index (χ3n) is 8.80. The Balaban J connectivity index is 2.03. The first-order chi connectivity index (χ1) is 19.2. The van der Waals surface area contributed by atoms with Crippen molar-refractivity contribution in [3.8, 4) is 0 Å². The van der Waals surface area contributed by atoms with Crippen LogP contribution in [0.1, 0.15) is 40.5 Å². The van der Waals surface area contributed by atoms with E-state index in [0.29, 0.717) is 25.1 Å². The van der Waals surface area contributed by atoms with Crippen molar-refractivity contribution in [2.75, 3.05) is 19.7 Å². The molecule has 7 atom stereocenters. The number of hydrogen-bond donors (Lipinski definition) is 2. The number of nitrogens with zero attached hydrogens (tertiary/aromatic N) is 1. The predicted molar refractivity (Wildman–Crippen MR) is 157 cm³/mol. The molecule has 10 nitrogen and oxygen atoms in total. The van der Waals surface area contributed by atoms with Gasteiger partial charge in [-0.05, 0) is 31.3 Å². The van der Waals surface area contributed by atoms with Crippen LogP contribution >= 0.6 is 22.6 Å². The Morgan fingerprint density at radius 3 is 2.37 bits per heavy atom. The van der Waals surface area contributed by atoms with E-state index >= 15 is 0 Å². The zero-order valence-electron chi connectivity index (χ0n) is 23.6. The van der Waals surface area contributed by atoms with Gasteiger partial charge in [0, 0.05) is 53.6 Å². The molecule has 1 aliphatic heterocycles. The number of aliphatic hydroxyl groups excluding tert-OH is 2. The molecule has 0 radical (unpaired) electrons. The van der Waals surface area contributed by atoms with Crippen LogP contribution in [0.2, 0.25) is 0 Å². The van der Waals surface area contributed by atoms with Gasteiger partial charge < -0.3 is 29.3 Å². The van der Waals surface area contributed by atoms with Gasteiger partial charge in [0.15, 0.2) is 5.76 Å². The van der Waals surface area contributed by atoms with E-state index in [4.69, 9.17) is 14.2 Å². The second kappa shape index (κ2) is 11.4. The maximum absolute atomic E-state index is 14.1. The Bertz CT molecular complexity index is 1290. The Labute approximate surface area is 252 Å². The predicted octanol–water partition coefficient (Wildman–Crippen LogP) is 3.26. The number of allylic oxidation sites excluding steroid dienone is 1. The number of ketones is 1. The summed E-state index contributed by atoms with van der Waals surface area (Å²) < 4.78 is 16.8. The summed E-state index contributed by atoms with van der Waals surface area (Å²) in [5, 5.41) is 22.8. The van der Waals surface area contributed by atoms with Crippen LogP contribution in [-0.4, -0.2) is 80.7 Å². The number of rotatable bonds is 8. The van der Waals surface area contributed by atoms with Gasteiger partial charge in [-0.25, -0.2) is 4.79 Å². The standard InChI is InChI=1S/C30H36INO9/c1-7-9-32(10-8-2)13-17-23-26(36)25(35)22-18-11-19(31)27(37)29(18,5)12-20(40-16(4)34)24(22)30(23,6)21(41-28(17)38)14-39-15(3)33/h7-8,13,18-21,27,36-37H,1-2,9-12,14H2,3-6H3/b17-13-/t18-,19+,20+,21+,27-,29-,30-/m0/s1. The first-order valence-corrected chi connectivity index (χ1v) is 14.7. The highest BCUT2D eigenvalue weighted by atomic mass is 127. The third kappa shape index (κ3) is 5.04. The number of alkyl halides is 1.